The van der Waals surface area contributed by atoms with Gasteiger partial charge in [-0.3, -0.25) is 4.79 Å². The van der Waals surface area contributed by atoms with E-state index in [0.717, 1.165) is 5.56 Å². The van der Waals surface area contributed by atoms with Crippen LogP contribution in [0.1, 0.15) is 6.92 Å². The fraction of sp³-hybridized carbons (Fsp3) is 0.231. The molecule has 1 aromatic carbocycles. The summed E-state index contributed by atoms with van der Waals surface area (Å²) in [5.74, 6) is -0.305. The zero-order valence-electron chi connectivity index (χ0n) is 10.6. The van der Waals surface area contributed by atoms with Gasteiger partial charge in [0, 0.05) is 5.56 Å². The van der Waals surface area contributed by atoms with E-state index in [1.807, 2.05) is 30.3 Å². The summed E-state index contributed by atoms with van der Waals surface area (Å²) >= 11 is 1.22. The van der Waals surface area contributed by atoms with E-state index in [-0.39, 0.29) is 11.2 Å². The highest BCUT2D eigenvalue weighted by Crippen LogP contribution is 2.21. The van der Waals surface area contributed by atoms with Crippen molar-refractivity contribution in [3.63, 3.8) is 0 Å². The summed E-state index contributed by atoms with van der Waals surface area (Å²) in [5.41, 5.74) is 1.66. The van der Waals surface area contributed by atoms with Crippen molar-refractivity contribution in [1.82, 2.24) is 15.2 Å². The molecule has 0 fully saturated rings. The van der Waals surface area contributed by atoms with Gasteiger partial charge in [0.05, 0.1) is 13.3 Å². The molecule has 1 heterocycles. The first kappa shape index (κ1) is 13.5. The molecule has 1 aromatic heterocycles. The van der Waals surface area contributed by atoms with Gasteiger partial charge >= 0.3 is 5.97 Å². The smallest absolute Gasteiger partial charge is 0.318 e. The number of esters is 1. The molecule has 0 aliphatic heterocycles. The molecule has 0 saturated carbocycles. The van der Waals surface area contributed by atoms with Crippen LogP contribution in [0.5, 0.6) is 0 Å². The summed E-state index contributed by atoms with van der Waals surface area (Å²) in [4.78, 5) is 15.5. The minimum Gasteiger partial charge on any atom is -0.468 e. The van der Waals surface area contributed by atoms with Gasteiger partial charge in [0.25, 0.3) is 0 Å². The molecule has 0 radical (unpaired) electrons. The van der Waals surface area contributed by atoms with E-state index in [1.54, 1.807) is 13.1 Å². The fourth-order valence-electron chi connectivity index (χ4n) is 1.43. The fourth-order valence-corrected chi connectivity index (χ4v) is 2.14. The van der Waals surface area contributed by atoms with Gasteiger partial charge in [-0.2, -0.15) is 0 Å². The molecular weight excluding hydrogens is 262 g/mol. The zero-order valence-corrected chi connectivity index (χ0v) is 11.4. The Hall–Kier alpha value is -1.95. The summed E-state index contributed by atoms with van der Waals surface area (Å²) in [6.45, 7) is 1.74. The highest BCUT2D eigenvalue weighted by molar-refractivity contribution is 8.00. The molecule has 0 saturated heterocycles. The third-order valence-corrected chi connectivity index (χ3v) is 3.37. The van der Waals surface area contributed by atoms with Crippen molar-refractivity contribution in [3.8, 4) is 11.3 Å². The van der Waals surface area contributed by atoms with Gasteiger partial charge in [-0.1, -0.05) is 42.1 Å². The van der Waals surface area contributed by atoms with Crippen molar-refractivity contribution < 1.29 is 9.53 Å². The van der Waals surface area contributed by atoms with Crippen LogP contribution in [0, 0.1) is 0 Å². The number of hydrogen-bond acceptors (Lipinski definition) is 6. The molecular formula is C13H13N3O2S. The first-order valence-electron chi connectivity index (χ1n) is 5.70. The van der Waals surface area contributed by atoms with Crippen LogP contribution in [0.3, 0.4) is 0 Å². The number of methoxy groups -OCH3 is 1. The number of rotatable bonds is 4. The van der Waals surface area contributed by atoms with Gasteiger partial charge in [0.2, 0.25) is 5.16 Å². The first-order chi connectivity index (χ1) is 9.20. The number of aromatic nitrogens is 3. The SMILES string of the molecule is COC(=O)[C@@H](C)Sc1ncc(-c2ccccc2)nn1. The van der Waals surface area contributed by atoms with Gasteiger partial charge < -0.3 is 4.74 Å². The van der Waals surface area contributed by atoms with E-state index >= 15 is 0 Å². The summed E-state index contributed by atoms with van der Waals surface area (Å²) in [6, 6.07) is 9.68. The minimum atomic E-state index is -0.352. The van der Waals surface area contributed by atoms with Crippen molar-refractivity contribution in [2.45, 2.75) is 17.3 Å². The molecule has 0 spiro atoms. The molecule has 6 heteroatoms. The van der Waals surface area contributed by atoms with Gasteiger partial charge in [0.1, 0.15) is 10.9 Å². The van der Waals surface area contributed by atoms with Gasteiger partial charge in [0.15, 0.2) is 0 Å². The maximum absolute atomic E-state index is 11.3. The molecule has 0 aliphatic carbocycles. The van der Waals surface area contributed by atoms with Gasteiger partial charge in [-0.25, -0.2) is 4.98 Å². The second-order valence-corrected chi connectivity index (χ2v) is 5.08. The van der Waals surface area contributed by atoms with E-state index in [4.69, 9.17) is 0 Å². The predicted octanol–water partition coefficient (Wildman–Crippen LogP) is 2.19. The number of carbonyl (C=O) groups excluding carboxylic acids is 1. The summed E-state index contributed by atoms with van der Waals surface area (Å²) in [5, 5.41) is 8.21. The maximum Gasteiger partial charge on any atom is 0.318 e. The quantitative estimate of drug-likeness (QED) is 0.629. The number of hydrogen-bond donors (Lipinski definition) is 0. The Balaban J connectivity index is 2.09. The van der Waals surface area contributed by atoms with Crippen molar-refractivity contribution in [2.75, 3.05) is 7.11 Å². The lowest BCUT2D eigenvalue weighted by Crippen LogP contribution is -2.15. The van der Waals surface area contributed by atoms with E-state index in [1.165, 1.54) is 18.9 Å². The van der Waals surface area contributed by atoms with Crippen LogP contribution in [0.4, 0.5) is 0 Å². The first-order valence-corrected chi connectivity index (χ1v) is 6.58. The van der Waals surface area contributed by atoms with Crippen LogP contribution in [-0.2, 0) is 9.53 Å². The van der Waals surface area contributed by atoms with Crippen molar-refractivity contribution in [2.24, 2.45) is 0 Å². The Labute approximate surface area is 115 Å². The van der Waals surface area contributed by atoms with Crippen LogP contribution < -0.4 is 0 Å². The van der Waals surface area contributed by atoms with E-state index < -0.39 is 0 Å². The average Bonchev–Trinajstić information content (AvgIpc) is 2.48. The van der Waals surface area contributed by atoms with Crippen LogP contribution in [-0.4, -0.2) is 33.5 Å². The number of carbonyl (C=O) groups is 1. The largest absolute Gasteiger partial charge is 0.468 e. The number of nitrogens with zero attached hydrogens (tertiary/aromatic N) is 3. The van der Waals surface area contributed by atoms with Crippen molar-refractivity contribution in [1.29, 1.82) is 0 Å². The lowest BCUT2D eigenvalue weighted by molar-refractivity contribution is -0.139. The van der Waals surface area contributed by atoms with E-state index in [2.05, 4.69) is 19.9 Å². The normalized spacial score (nSPS) is 11.9. The second kappa shape index (κ2) is 6.29. The van der Waals surface area contributed by atoms with E-state index in [9.17, 15) is 4.79 Å². The molecule has 0 aliphatic rings. The summed E-state index contributed by atoms with van der Waals surface area (Å²) in [7, 11) is 1.36. The topological polar surface area (TPSA) is 65.0 Å². The molecule has 5 nitrogen and oxygen atoms in total. The van der Waals surface area contributed by atoms with Crippen molar-refractivity contribution >= 4 is 17.7 Å². The highest BCUT2D eigenvalue weighted by atomic mass is 32.2. The minimum absolute atomic E-state index is 0.305. The molecule has 0 unspecified atom stereocenters. The Bertz CT molecular complexity index is 546. The number of thioether (sulfide) groups is 1. The Morgan fingerprint density at radius 1 is 1.26 bits per heavy atom. The standard InChI is InChI=1S/C13H13N3O2S/c1-9(12(17)18-2)19-13-14-8-11(15-16-13)10-6-4-3-5-7-10/h3-9H,1-2H3/t9-/m1/s1. The average molecular weight is 275 g/mol. The highest BCUT2D eigenvalue weighted by Gasteiger charge is 2.16. The third-order valence-electron chi connectivity index (χ3n) is 2.43. The number of ether oxygens (including phenoxy) is 1. The molecule has 19 heavy (non-hydrogen) atoms. The molecule has 1 atom stereocenters. The van der Waals surface area contributed by atoms with E-state index in [0.29, 0.717) is 10.9 Å². The third kappa shape index (κ3) is 3.51. The second-order valence-electron chi connectivity index (χ2n) is 3.78. The maximum atomic E-state index is 11.3. The van der Waals surface area contributed by atoms with Gasteiger partial charge in [-0.15, -0.1) is 10.2 Å². The predicted molar refractivity (Wildman–Crippen MR) is 72.6 cm³/mol. The zero-order chi connectivity index (χ0) is 13.7. The van der Waals surface area contributed by atoms with Crippen LogP contribution in [0.2, 0.25) is 0 Å². The van der Waals surface area contributed by atoms with Crippen LogP contribution in [0.25, 0.3) is 11.3 Å². The Kier molecular flexibility index (Phi) is 4.46. The lowest BCUT2D eigenvalue weighted by atomic mass is 10.2. The molecule has 2 rings (SSSR count). The summed E-state index contributed by atoms with van der Waals surface area (Å²) in [6.07, 6.45) is 1.65. The monoisotopic (exact) mass is 275 g/mol. The molecule has 0 amide bonds. The summed E-state index contributed by atoms with van der Waals surface area (Å²) < 4.78 is 4.64. The lowest BCUT2D eigenvalue weighted by Gasteiger charge is -2.06. The van der Waals surface area contributed by atoms with Crippen LogP contribution in [0.15, 0.2) is 41.7 Å². The molecule has 0 N–H and O–H groups in total. The Morgan fingerprint density at radius 2 is 2.00 bits per heavy atom. The molecule has 2 aromatic rings. The Morgan fingerprint density at radius 3 is 2.58 bits per heavy atom. The molecule has 98 valence electrons. The number of benzene rings is 1. The van der Waals surface area contributed by atoms with Crippen LogP contribution >= 0.6 is 11.8 Å². The molecule has 0 bridgehead atoms. The van der Waals surface area contributed by atoms with Gasteiger partial charge in [-0.05, 0) is 6.92 Å². The van der Waals surface area contributed by atoms with Crippen molar-refractivity contribution in [3.05, 3.63) is 36.5 Å².